The van der Waals surface area contributed by atoms with Gasteiger partial charge in [0.15, 0.2) is 11.0 Å². The molecule has 1 amide bonds. The molecule has 0 aromatic carbocycles. The molecule has 0 aliphatic carbocycles. The minimum absolute atomic E-state index is 0.111. The van der Waals surface area contributed by atoms with Crippen LogP contribution < -0.4 is 0 Å². The summed E-state index contributed by atoms with van der Waals surface area (Å²) in [7, 11) is 0. The minimum atomic E-state index is -0.147. The van der Waals surface area contributed by atoms with Crippen molar-refractivity contribution in [2.45, 2.75) is 25.5 Å². The number of hydrogen-bond donors (Lipinski definition) is 0. The molecule has 1 aliphatic heterocycles. The first-order chi connectivity index (χ1) is 10.2. The summed E-state index contributed by atoms with van der Waals surface area (Å²) < 4.78 is 10.9. The van der Waals surface area contributed by atoms with Crippen molar-refractivity contribution in [1.29, 1.82) is 0 Å². The van der Waals surface area contributed by atoms with E-state index in [4.69, 9.17) is 20.8 Å². The van der Waals surface area contributed by atoms with Crippen LogP contribution in [0.2, 0.25) is 5.22 Å². The summed E-state index contributed by atoms with van der Waals surface area (Å²) in [5.74, 6) is 0.125. The molecule has 1 fully saturated rings. The number of furan rings is 1. The van der Waals surface area contributed by atoms with E-state index in [-0.39, 0.29) is 23.0 Å². The number of rotatable bonds is 5. The Morgan fingerprint density at radius 3 is 2.95 bits per heavy atom. The highest BCUT2D eigenvalue weighted by atomic mass is 35.5. The predicted molar refractivity (Wildman–Crippen MR) is 81.8 cm³/mol. The third-order valence-corrected chi connectivity index (χ3v) is 4.51. The molecule has 3 rings (SSSR count). The SMILES string of the molecule is O=C(c1ccc(Cl)o1)N(Cc1cccs1)CC1CCCO1. The smallest absolute Gasteiger partial charge is 0.290 e. The molecule has 2 aromatic heterocycles. The van der Waals surface area contributed by atoms with Crippen LogP contribution in [0.15, 0.2) is 34.1 Å². The molecular weight excluding hydrogens is 310 g/mol. The van der Waals surface area contributed by atoms with Crippen LogP contribution >= 0.6 is 22.9 Å². The maximum Gasteiger partial charge on any atom is 0.290 e. The molecule has 2 aromatic rings. The van der Waals surface area contributed by atoms with Crippen LogP contribution in [0.3, 0.4) is 0 Å². The molecule has 1 unspecified atom stereocenters. The number of ether oxygens (including phenoxy) is 1. The highest BCUT2D eigenvalue weighted by Crippen LogP contribution is 2.21. The number of halogens is 1. The van der Waals surface area contributed by atoms with Gasteiger partial charge >= 0.3 is 0 Å². The summed E-state index contributed by atoms with van der Waals surface area (Å²) in [4.78, 5) is 15.5. The maximum absolute atomic E-state index is 12.6. The molecular formula is C15H16ClNO3S. The molecule has 112 valence electrons. The summed E-state index contributed by atoms with van der Waals surface area (Å²) in [5, 5.41) is 2.24. The van der Waals surface area contributed by atoms with Crippen molar-refractivity contribution < 1.29 is 13.9 Å². The normalized spacial score (nSPS) is 18.0. The van der Waals surface area contributed by atoms with Gasteiger partial charge in [0.25, 0.3) is 5.91 Å². The summed E-state index contributed by atoms with van der Waals surface area (Å²) in [6.07, 6.45) is 2.16. The Morgan fingerprint density at radius 2 is 2.33 bits per heavy atom. The van der Waals surface area contributed by atoms with E-state index < -0.39 is 0 Å². The van der Waals surface area contributed by atoms with Gasteiger partial charge in [-0.15, -0.1) is 11.3 Å². The standard InChI is InChI=1S/C15H16ClNO3S/c16-14-6-5-13(20-14)15(18)17(9-11-3-1-7-19-11)10-12-4-2-8-21-12/h2,4-6,8,11H,1,3,7,9-10H2. The Morgan fingerprint density at radius 1 is 1.43 bits per heavy atom. The van der Waals surface area contributed by atoms with Gasteiger partial charge in [-0.05, 0) is 48.0 Å². The molecule has 1 atom stereocenters. The Balaban J connectivity index is 1.75. The molecule has 0 spiro atoms. The van der Waals surface area contributed by atoms with Crippen LogP contribution in [0.1, 0.15) is 28.3 Å². The average Bonchev–Trinajstić information content (AvgIpc) is 3.19. The first-order valence-corrected chi connectivity index (χ1v) is 8.17. The third-order valence-electron chi connectivity index (χ3n) is 3.45. The second-order valence-corrected chi connectivity index (χ2v) is 6.41. The largest absolute Gasteiger partial charge is 0.440 e. The Hall–Kier alpha value is -1.30. The first kappa shape index (κ1) is 14.6. The second-order valence-electron chi connectivity index (χ2n) is 5.00. The second kappa shape index (κ2) is 6.64. The lowest BCUT2D eigenvalue weighted by atomic mass is 10.2. The Bertz CT molecular complexity index is 590. The van der Waals surface area contributed by atoms with Gasteiger partial charge < -0.3 is 14.1 Å². The zero-order chi connectivity index (χ0) is 14.7. The van der Waals surface area contributed by atoms with E-state index in [9.17, 15) is 4.79 Å². The van der Waals surface area contributed by atoms with Gasteiger partial charge in [-0.3, -0.25) is 4.79 Å². The lowest BCUT2D eigenvalue weighted by Gasteiger charge is -2.24. The summed E-state index contributed by atoms with van der Waals surface area (Å²) in [5.41, 5.74) is 0. The summed E-state index contributed by atoms with van der Waals surface area (Å²) >= 11 is 7.40. The van der Waals surface area contributed by atoms with Crippen molar-refractivity contribution in [3.63, 3.8) is 0 Å². The zero-order valence-electron chi connectivity index (χ0n) is 11.5. The van der Waals surface area contributed by atoms with Gasteiger partial charge in [0.1, 0.15) is 0 Å². The molecule has 0 bridgehead atoms. The average molecular weight is 326 g/mol. The molecule has 1 saturated heterocycles. The van der Waals surface area contributed by atoms with Crippen LogP contribution in [0.4, 0.5) is 0 Å². The fourth-order valence-corrected chi connectivity index (χ4v) is 3.29. The Kier molecular flexibility index (Phi) is 4.63. The minimum Gasteiger partial charge on any atom is -0.440 e. The van der Waals surface area contributed by atoms with Crippen LogP contribution in [-0.4, -0.2) is 30.1 Å². The molecule has 0 saturated carbocycles. The lowest BCUT2D eigenvalue weighted by Crippen LogP contribution is -2.36. The van der Waals surface area contributed by atoms with E-state index in [1.165, 1.54) is 0 Å². The van der Waals surface area contributed by atoms with E-state index in [1.807, 2.05) is 17.5 Å². The number of nitrogens with zero attached hydrogens (tertiary/aromatic N) is 1. The van der Waals surface area contributed by atoms with E-state index >= 15 is 0 Å². The zero-order valence-corrected chi connectivity index (χ0v) is 13.0. The van der Waals surface area contributed by atoms with Gasteiger partial charge in [-0.2, -0.15) is 0 Å². The highest BCUT2D eigenvalue weighted by Gasteiger charge is 2.25. The van der Waals surface area contributed by atoms with Crippen molar-refractivity contribution in [2.75, 3.05) is 13.2 Å². The summed E-state index contributed by atoms with van der Waals surface area (Å²) in [6, 6.07) is 7.21. The molecule has 21 heavy (non-hydrogen) atoms. The molecule has 3 heterocycles. The van der Waals surface area contributed by atoms with Gasteiger partial charge in [-0.1, -0.05) is 6.07 Å². The topological polar surface area (TPSA) is 42.7 Å². The number of carbonyl (C=O) groups excluding carboxylic acids is 1. The number of carbonyl (C=O) groups is 1. The fourth-order valence-electron chi connectivity index (χ4n) is 2.43. The van der Waals surface area contributed by atoms with E-state index in [0.717, 1.165) is 24.3 Å². The third kappa shape index (κ3) is 3.67. The number of thiophene rings is 1. The van der Waals surface area contributed by atoms with E-state index in [1.54, 1.807) is 28.4 Å². The number of amides is 1. The maximum atomic E-state index is 12.6. The van der Waals surface area contributed by atoms with Crippen molar-refractivity contribution in [3.8, 4) is 0 Å². The predicted octanol–water partition coefficient (Wildman–Crippen LogP) is 3.82. The van der Waals surface area contributed by atoms with E-state index in [0.29, 0.717) is 13.1 Å². The molecule has 6 heteroatoms. The highest BCUT2D eigenvalue weighted by molar-refractivity contribution is 7.09. The van der Waals surface area contributed by atoms with Crippen LogP contribution in [0.25, 0.3) is 0 Å². The van der Waals surface area contributed by atoms with Crippen molar-refractivity contribution in [3.05, 3.63) is 45.5 Å². The van der Waals surface area contributed by atoms with Crippen molar-refractivity contribution in [2.24, 2.45) is 0 Å². The van der Waals surface area contributed by atoms with Gasteiger partial charge in [0.2, 0.25) is 0 Å². The van der Waals surface area contributed by atoms with Crippen LogP contribution in [0.5, 0.6) is 0 Å². The fraction of sp³-hybridized carbons (Fsp3) is 0.400. The Labute approximate surface area is 132 Å². The molecule has 1 aliphatic rings. The monoisotopic (exact) mass is 325 g/mol. The molecule has 4 nitrogen and oxygen atoms in total. The van der Waals surface area contributed by atoms with E-state index in [2.05, 4.69) is 0 Å². The quantitative estimate of drug-likeness (QED) is 0.839. The van der Waals surface area contributed by atoms with Gasteiger partial charge in [0, 0.05) is 18.0 Å². The van der Waals surface area contributed by atoms with Gasteiger partial charge in [-0.25, -0.2) is 0 Å². The summed E-state index contributed by atoms with van der Waals surface area (Å²) in [6.45, 7) is 1.92. The van der Waals surface area contributed by atoms with Crippen molar-refractivity contribution in [1.82, 2.24) is 4.90 Å². The van der Waals surface area contributed by atoms with Crippen LogP contribution in [0, 0.1) is 0 Å². The number of hydrogen-bond acceptors (Lipinski definition) is 4. The van der Waals surface area contributed by atoms with Crippen LogP contribution in [-0.2, 0) is 11.3 Å². The molecule has 0 radical (unpaired) electrons. The lowest BCUT2D eigenvalue weighted by molar-refractivity contribution is 0.0486. The first-order valence-electron chi connectivity index (χ1n) is 6.91. The van der Waals surface area contributed by atoms with Crippen molar-refractivity contribution >= 4 is 28.8 Å². The molecule has 0 N–H and O–H groups in total. The van der Waals surface area contributed by atoms with Gasteiger partial charge in [0.05, 0.1) is 12.6 Å².